The molecule has 3 aromatic rings. The summed E-state index contributed by atoms with van der Waals surface area (Å²) in [6, 6.07) is 13.3. The molecule has 0 saturated heterocycles. The van der Waals surface area contributed by atoms with Gasteiger partial charge in [-0.15, -0.1) is 23.1 Å². The van der Waals surface area contributed by atoms with E-state index in [1.807, 2.05) is 42.0 Å². The zero-order valence-corrected chi connectivity index (χ0v) is 19.1. The monoisotopic (exact) mass is 464 g/mol. The van der Waals surface area contributed by atoms with Crippen LogP contribution < -0.4 is 5.32 Å². The van der Waals surface area contributed by atoms with E-state index in [9.17, 15) is 14.9 Å². The molecule has 1 N–H and O–H groups in total. The quantitative estimate of drug-likeness (QED) is 0.393. The first kappa shape index (κ1) is 22.0. The zero-order chi connectivity index (χ0) is 22.7. The summed E-state index contributed by atoms with van der Waals surface area (Å²) in [7, 11) is 0. The molecule has 1 amide bonds. The lowest BCUT2D eigenvalue weighted by atomic mass is 10.1. The molecule has 32 heavy (non-hydrogen) atoms. The van der Waals surface area contributed by atoms with Gasteiger partial charge in [0.15, 0.2) is 11.2 Å². The fourth-order valence-electron chi connectivity index (χ4n) is 3.10. The van der Waals surface area contributed by atoms with Crippen molar-refractivity contribution in [1.29, 1.82) is 5.26 Å². The first-order valence-corrected chi connectivity index (χ1v) is 12.1. The Balaban J connectivity index is 1.46. The molecular formula is C23H20N4O3S2. The SMILES string of the molecule is CSc1nc(C2CC2)cc(C(=O)OC(C)C(=O)Nc2nc(-c3ccccc3)cs2)c1C#N. The van der Waals surface area contributed by atoms with Crippen molar-refractivity contribution in [2.75, 3.05) is 11.6 Å². The van der Waals surface area contributed by atoms with Gasteiger partial charge in [-0.25, -0.2) is 14.8 Å². The van der Waals surface area contributed by atoms with Crippen LogP contribution in [0.3, 0.4) is 0 Å². The average Bonchev–Trinajstić information content (AvgIpc) is 3.57. The molecule has 2 aromatic heterocycles. The standard InChI is InChI=1S/C23H20N4O3S2/c1-13(20(28)27-23-26-19(12-32-23)14-6-4-3-5-7-14)30-22(29)16-10-18(15-8-9-15)25-21(31-2)17(16)11-24/h3-7,10,12-13,15H,8-9H2,1-2H3,(H,26,27,28). The molecule has 0 aliphatic heterocycles. The Kier molecular flexibility index (Phi) is 6.53. The number of nitrogens with one attached hydrogen (secondary N) is 1. The highest BCUT2D eigenvalue weighted by molar-refractivity contribution is 7.98. The van der Waals surface area contributed by atoms with Crippen LogP contribution in [0.15, 0.2) is 46.8 Å². The summed E-state index contributed by atoms with van der Waals surface area (Å²) < 4.78 is 5.40. The molecule has 1 aliphatic rings. The van der Waals surface area contributed by atoms with Crippen LogP contribution in [0.5, 0.6) is 0 Å². The third-order valence-corrected chi connectivity index (χ3v) is 6.42. The number of thiazole rings is 1. The van der Waals surface area contributed by atoms with Crippen molar-refractivity contribution in [3.05, 3.63) is 58.6 Å². The second-order valence-electron chi connectivity index (χ2n) is 7.31. The Morgan fingerprint density at radius 1 is 1.28 bits per heavy atom. The van der Waals surface area contributed by atoms with Gasteiger partial charge >= 0.3 is 5.97 Å². The number of ether oxygens (including phenoxy) is 1. The largest absolute Gasteiger partial charge is 0.449 e. The van der Waals surface area contributed by atoms with Gasteiger partial charge in [-0.1, -0.05) is 30.3 Å². The number of thioether (sulfide) groups is 1. The molecule has 2 heterocycles. The Bertz CT molecular complexity index is 1200. The van der Waals surface area contributed by atoms with Crippen LogP contribution >= 0.6 is 23.1 Å². The molecule has 7 nitrogen and oxygen atoms in total. The third-order valence-electron chi connectivity index (χ3n) is 4.98. The molecule has 0 bridgehead atoms. The first-order chi connectivity index (χ1) is 15.5. The lowest BCUT2D eigenvalue weighted by molar-refractivity contribution is -0.123. The van der Waals surface area contributed by atoms with Gasteiger partial charge in [-0.2, -0.15) is 5.26 Å². The molecule has 1 atom stereocenters. The number of rotatable bonds is 7. The Labute approximate surface area is 193 Å². The fraction of sp³-hybridized carbons (Fsp3) is 0.261. The van der Waals surface area contributed by atoms with Gasteiger partial charge in [0.1, 0.15) is 11.1 Å². The molecule has 1 saturated carbocycles. The van der Waals surface area contributed by atoms with Crippen molar-refractivity contribution in [2.45, 2.75) is 36.8 Å². The molecule has 4 rings (SSSR count). The van der Waals surface area contributed by atoms with E-state index in [0.717, 1.165) is 29.8 Å². The van der Waals surface area contributed by atoms with Gasteiger partial charge in [0.25, 0.3) is 5.91 Å². The summed E-state index contributed by atoms with van der Waals surface area (Å²) in [6.45, 7) is 1.49. The number of pyridine rings is 1. The van der Waals surface area contributed by atoms with E-state index in [4.69, 9.17) is 4.74 Å². The summed E-state index contributed by atoms with van der Waals surface area (Å²) in [5.74, 6) is -0.898. The maximum absolute atomic E-state index is 12.8. The number of hydrogen-bond acceptors (Lipinski definition) is 8. The van der Waals surface area contributed by atoms with E-state index in [1.54, 1.807) is 6.07 Å². The predicted octanol–water partition coefficient (Wildman–Crippen LogP) is 4.86. The van der Waals surface area contributed by atoms with E-state index in [0.29, 0.717) is 16.1 Å². The topological polar surface area (TPSA) is 105 Å². The molecule has 0 radical (unpaired) electrons. The smallest absolute Gasteiger partial charge is 0.340 e. The summed E-state index contributed by atoms with van der Waals surface area (Å²) in [6.07, 6.45) is 2.77. The van der Waals surface area contributed by atoms with Crippen molar-refractivity contribution in [3.8, 4) is 17.3 Å². The molecule has 1 fully saturated rings. The predicted molar refractivity (Wildman–Crippen MR) is 124 cm³/mol. The van der Waals surface area contributed by atoms with Crippen molar-refractivity contribution < 1.29 is 14.3 Å². The molecule has 1 aromatic carbocycles. The minimum atomic E-state index is -1.06. The summed E-state index contributed by atoms with van der Waals surface area (Å²) in [5, 5.41) is 15.0. The Morgan fingerprint density at radius 3 is 2.69 bits per heavy atom. The van der Waals surface area contributed by atoms with Crippen molar-refractivity contribution in [1.82, 2.24) is 9.97 Å². The highest BCUT2D eigenvalue weighted by atomic mass is 32.2. The number of carbonyl (C=O) groups excluding carboxylic acids is 2. The van der Waals surface area contributed by atoms with Crippen molar-refractivity contribution in [3.63, 3.8) is 0 Å². The van der Waals surface area contributed by atoms with Crippen LogP contribution in [-0.4, -0.2) is 34.2 Å². The molecule has 9 heteroatoms. The van der Waals surface area contributed by atoms with Crippen LogP contribution in [0.4, 0.5) is 5.13 Å². The number of nitriles is 1. The van der Waals surface area contributed by atoms with E-state index in [1.165, 1.54) is 30.0 Å². The van der Waals surface area contributed by atoms with Crippen LogP contribution in [0.1, 0.15) is 47.3 Å². The summed E-state index contributed by atoms with van der Waals surface area (Å²) >= 11 is 2.60. The maximum Gasteiger partial charge on any atom is 0.340 e. The minimum absolute atomic E-state index is 0.147. The molecule has 1 aliphatic carbocycles. The van der Waals surface area contributed by atoms with Crippen LogP contribution in [0.2, 0.25) is 0 Å². The maximum atomic E-state index is 12.8. The Hall–Kier alpha value is -3.22. The number of anilines is 1. The Morgan fingerprint density at radius 2 is 2.03 bits per heavy atom. The second kappa shape index (κ2) is 9.51. The number of aromatic nitrogens is 2. The van der Waals surface area contributed by atoms with Gasteiger partial charge in [-0.05, 0) is 32.1 Å². The van der Waals surface area contributed by atoms with Gasteiger partial charge in [0, 0.05) is 22.6 Å². The number of hydrogen-bond donors (Lipinski definition) is 1. The molecular weight excluding hydrogens is 444 g/mol. The number of nitrogens with zero attached hydrogens (tertiary/aromatic N) is 3. The van der Waals surface area contributed by atoms with E-state index < -0.39 is 18.0 Å². The van der Waals surface area contributed by atoms with Crippen LogP contribution in [0, 0.1) is 11.3 Å². The fourth-order valence-corrected chi connectivity index (χ4v) is 4.38. The lowest BCUT2D eigenvalue weighted by Crippen LogP contribution is -2.30. The van der Waals surface area contributed by atoms with Gasteiger partial charge < -0.3 is 4.74 Å². The minimum Gasteiger partial charge on any atom is -0.449 e. The van der Waals surface area contributed by atoms with Crippen molar-refractivity contribution >= 4 is 40.1 Å². The highest BCUT2D eigenvalue weighted by Gasteiger charge is 2.30. The molecule has 1 unspecified atom stereocenters. The van der Waals surface area contributed by atoms with E-state index in [-0.39, 0.29) is 11.1 Å². The average molecular weight is 465 g/mol. The molecule has 162 valence electrons. The summed E-state index contributed by atoms with van der Waals surface area (Å²) in [5.41, 5.74) is 2.80. The van der Waals surface area contributed by atoms with Gasteiger partial charge in [0.2, 0.25) is 0 Å². The van der Waals surface area contributed by atoms with Crippen LogP contribution in [-0.2, 0) is 9.53 Å². The zero-order valence-electron chi connectivity index (χ0n) is 17.5. The normalized spacial score (nSPS) is 13.8. The van der Waals surface area contributed by atoms with E-state index in [2.05, 4.69) is 21.4 Å². The number of benzene rings is 1. The van der Waals surface area contributed by atoms with Crippen LogP contribution in [0.25, 0.3) is 11.3 Å². The van der Waals surface area contributed by atoms with E-state index >= 15 is 0 Å². The number of carbonyl (C=O) groups is 2. The van der Waals surface area contributed by atoms with Gasteiger partial charge in [0.05, 0.1) is 16.8 Å². The number of amides is 1. The van der Waals surface area contributed by atoms with Gasteiger partial charge in [-0.3, -0.25) is 10.1 Å². The highest BCUT2D eigenvalue weighted by Crippen LogP contribution is 2.40. The van der Waals surface area contributed by atoms with Crippen molar-refractivity contribution in [2.24, 2.45) is 0 Å². The second-order valence-corrected chi connectivity index (χ2v) is 8.96. The first-order valence-electron chi connectivity index (χ1n) is 10.0. The third kappa shape index (κ3) is 4.82. The summed E-state index contributed by atoms with van der Waals surface area (Å²) in [4.78, 5) is 34.4. The number of esters is 1. The lowest BCUT2D eigenvalue weighted by Gasteiger charge is -2.14. The molecule has 0 spiro atoms.